The Balaban J connectivity index is 1.40. The predicted octanol–water partition coefficient (Wildman–Crippen LogP) is 2.79. The number of methoxy groups -OCH3 is 1. The number of sulfonamides is 1. The molecule has 1 saturated heterocycles. The van der Waals surface area contributed by atoms with Crippen molar-refractivity contribution in [2.24, 2.45) is 0 Å². The van der Waals surface area contributed by atoms with E-state index in [0.29, 0.717) is 49.7 Å². The maximum absolute atomic E-state index is 13.8. The number of anilines is 1. The van der Waals surface area contributed by atoms with Gasteiger partial charge in [-0.1, -0.05) is 18.2 Å². The topological polar surface area (TPSA) is 75.6 Å². The van der Waals surface area contributed by atoms with Gasteiger partial charge in [-0.2, -0.15) is 8.68 Å². The van der Waals surface area contributed by atoms with Crippen LogP contribution in [0.25, 0.3) is 0 Å². The number of aromatic nitrogens is 2. The van der Waals surface area contributed by atoms with Crippen molar-refractivity contribution in [2.75, 3.05) is 38.2 Å². The summed E-state index contributed by atoms with van der Waals surface area (Å²) < 4.78 is 50.5. The lowest BCUT2D eigenvalue weighted by Gasteiger charge is -2.33. The third-order valence-electron chi connectivity index (χ3n) is 4.97. The first kappa shape index (κ1) is 20.7. The van der Waals surface area contributed by atoms with Gasteiger partial charge < -0.3 is 9.64 Å². The van der Waals surface area contributed by atoms with Crippen LogP contribution in [0.5, 0.6) is 5.75 Å². The van der Waals surface area contributed by atoms with E-state index < -0.39 is 10.0 Å². The smallest absolute Gasteiger partial charge is 0.243 e. The molecule has 1 aliphatic heterocycles. The van der Waals surface area contributed by atoms with Crippen LogP contribution in [-0.2, 0) is 16.4 Å². The van der Waals surface area contributed by atoms with Gasteiger partial charge in [0.25, 0.3) is 0 Å². The monoisotopic (exact) mass is 448 g/mol. The first-order chi connectivity index (χ1) is 14.5. The normalized spacial score (nSPS) is 15.3. The zero-order valence-corrected chi connectivity index (χ0v) is 18.0. The molecule has 30 heavy (non-hydrogen) atoms. The Kier molecular flexibility index (Phi) is 5.98. The van der Waals surface area contributed by atoms with Crippen molar-refractivity contribution in [1.29, 1.82) is 0 Å². The number of piperazine rings is 1. The Morgan fingerprint density at radius 3 is 2.43 bits per heavy atom. The minimum absolute atomic E-state index is 0.250. The summed E-state index contributed by atoms with van der Waals surface area (Å²) in [5.74, 6) is 0.904. The molecule has 1 fully saturated rings. The maximum atomic E-state index is 13.8. The van der Waals surface area contributed by atoms with Gasteiger partial charge in [-0.15, -0.1) is 0 Å². The number of hydrogen-bond donors (Lipinski definition) is 0. The van der Waals surface area contributed by atoms with Crippen LogP contribution in [0.4, 0.5) is 9.52 Å². The Morgan fingerprint density at radius 1 is 1.07 bits per heavy atom. The van der Waals surface area contributed by atoms with Crippen molar-refractivity contribution in [2.45, 2.75) is 11.3 Å². The molecule has 0 spiro atoms. The van der Waals surface area contributed by atoms with Crippen LogP contribution < -0.4 is 9.64 Å². The van der Waals surface area contributed by atoms with Gasteiger partial charge in [-0.25, -0.2) is 17.8 Å². The SMILES string of the molecule is COc1ccc(S(=O)(=O)N2CCN(c3nc(Cc4ccccc4F)ns3)CC2)cc1. The summed E-state index contributed by atoms with van der Waals surface area (Å²) in [6, 6.07) is 13.0. The Labute approximate surface area is 179 Å². The molecule has 1 aromatic heterocycles. The second-order valence-electron chi connectivity index (χ2n) is 6.83. The van der Waals surface area contributed by atoms with Crippen molar-refractivity contribution in [3.8, 4) is 5.75 Å². The summed E-state index contributed by atoms with van der Waals surface area (Å²) in [5.41, 5.74) is 0.553. The minimum Gasteiger partial charge on any atom is -0.497 e. The van der Waals surface area contributed by atoms with E-state index in [4.69, 9.17) is 4.74 Å². The standard InChI is InChI=1S/C20H21FN4O3S2/c1-28-16-6-8-17(9-7-16)30(26,27)25-12-10-24(11-13-25)20-22-19(23-29-20)14-15-4-2-3-5-18(15)21/h2-9H,10-14H2,1H3. The van der Waals surface area contributed by atoms with Crippen LogP contribution in [0, 0.1) is 5.82 Å². The molecule has 0 unspecified atom stereocenters. The third kappa shape index (κ3) is 4.30. The summed E-state index contributed by atoms with van der Waals surface area (Å²) in [4.78, 5) is 6.79. The van der Waals surface area contributed by atoms with E-state index in [1.54, 1.807) is 42.5 Å². The van der Waals surface area contributed by atoms with Gasteiger partial charge in [0.05, 0.1) is 12.0 Å². The average Bonchev–Trinajstić information content (AvgIpc) is 3.24. The first-order valence-corrected chi connectivity index (χ1v) is 11.6. The molecule has 0 aliphatic carbocycles. The van der Waals surface area contributed by atoms with Gasteiger partial charge in [0, 0.05) is 44.1 Å². The molecule has 0 bridgehead atoms. The molecule has 158 valence electrons. The highest BCUT2D eigenvalue weighted by Gasteiger charge is 2.29. The number of halogens is 1. The molecule has 0 radical (unpaired) electrons. The van der Waals surface area contributed by atoms with Crippen molar-refractivity contribution in [3.63, 3.8) is 0 Å². The van der Waals surface area contributed by atoms with Crippen LogP contribution in [0.3, 0.4) is 0 Å². The number of hydrogen-bond acceptors (Lipinski definition) is 7. The molecule has 4 rings (SSSR count). The highest BCUT2D eigenvalue weighted by molar-refractivity contribution is 7.89. The highest BCUT2D eigenvalue weighted by atomic mass is 32.2. The summed E-state index contributed by atoms with van der Waals surface area (Å²) >= 11 is 1.25. The highest BCUT2D eigenvalue weighted by Crippen LogP contribution is 2.24. The zero-order valence-electron chi connectivity index (χ0n) is 16.4. The molecule has 10 heteroatoms. The van der Waals surface area contributed by atoms with Gasteiger partial charge in [0.2, 0.25) is 15.2 Å². The van der Waals surface area contributed by atoms with Gasteiger partial charge >= 0.3 is 0 Å². The van der Waals surface area contributed by atoms with Crippen molar-refractivity contribution >= 4 is 26.7 Å². The van der Waals surface area contributed by atoms with Crippen LogP contribution in [0.1, 0.15) is 11.4 Å². The van der Waals surface area contributed by atoms with Crippen LogP contribution in [0.15, 0.2) is 53.4 Å². The fourth-order valence-corrected chi connectivity index (χ4v) is 5.43. The molecule has 0 amide bonds. The number of ether oxygens (including phenoxy) is 1. The predicted molar refractivity (Wildman–Crippen MR) is 113 cm³/mol. The van der Waals surface area contributed by atoms with E-state index in [2.05, 4.69) is 9.36 Å². The van der Waals surface area contributed by atoms with Crippen LogP contribution >= 0.6 is 11.5 Å². The fourth-order valence-electron chi connectivity index (χ4n) is 3.27. The van der Waals surface area contributed by atoms with Crippen molar-refractivity contribution in [1.82, 2.24) is 13.7 Å². The molecule has 0 N–H and O–H groups in total. The van der Waals surface area contributed by atoms with Crippen molar-refractivity contribution in [3.05, 3.63) is 65.7 Å². The fraction of sp³-hybridized carbons (Fsp3) is 0.300. The molecule has 7 nitrogen and oxygen atoms in total. The second kappa shape index (κ2) is 8.66. The summed E-state index contributed by atoms with van der Waals surface area (Å²) in [6.07, 6.45) is 0.328. The van der Waals surface area contributed by atoms with E-state index in [9.17, 15) is 12.8 Å². The molecular formula is C20H21FN4O3S2. The van der Waals surface area contributed by atoms with E-state index in [1.807, 2.05) is 4.90 Å². The van der Waals surface area contributed by atoms with E-state index in [-0.39, 0.29) is 10.7 Å². The molecule has 2 aromatic carbocycles. The summed E-state index contributed by atoms with van der Waals surface area (Å²) in [7, 11) is -2.02. The number of benzene rings is 2. The summed E-state index contributed by atoms with van der Waals surface area (Å²) in [6.45, 7) is 1.75. The van der Waals surface area contributed by atoms with Crippen molar-refractivity contribution < 1.29 is 17.5 Å². The lowest BCUT2D eigenvalue weighted by atomic mass is 10.1. The van der Waals surface area contributed by atoms with Gasteiger partial charge in [-0.05, 0) is 35.9 Å². The Bertz CT molecular complexity index is 1110. The summed E-state index contributed by atoms with van der Waals surface area (Å²) in [5, 5.41) is 0.725. The number of rotatable bonds is 6. The molecular weight excluding hydrogens is 427 g/mol. The Hall–Kier alpha value is -2.56. The van der Waals surface area contributed by atoms with E-state index in [1.165, 1.54) is 29.0 Å². The third-order valence-corrected chi connectivity index (χ3v) is 7.70. The Morgan fingerprint density at radius 2 is 1.77 bits per heavy atom. The van der Waals surface area contributed by atoms with Gasteiger partial charge in [0.1, 0.15) is 17.4 Å². The van der Waals surface area contributed by atoms with Gasteiger partial charge in [0.15, 0.2) is 0 Å². The minimum atomic E-state index is -3.56. The van der Waals surface area contributed by atoms with Gasteiger partial charge in [-0.3, -0.25) is 0 Å². The van der Waals surface area contributed by atoms with E-state index >= 15 is 0 Å². The largest absolute Gasteiger partial charge is 0.497 e. The lowest BCUT2D eigenvalue weighted by Crippen LogP contribution is -2.48. The maximum Gasteiger partial charge on any atom is 0.243 e. The lowest BCUT2D eigenvalue weighted by molar-refractivity contribution is 0.384. The molecule has 0 atom stereocenters. The molecule has 0 saturated carbocycles. The quantitative estimate of drug-likeness (QED) is 0.577. The molecule has 2 heterocycles. The second-order valence-corrected chi connectivity index (χ2v) is 9.50. The van der Waals surface area contributed by atoms with Crippen LogP contribution in [-0.4, -0.2) is 55.4 Å². The first-order valence-electron chi connectivity index (χ1n) is 9.42. The molecule has 3 aromatic rings. The van der Waals surface area contributed by atoms with Crippen LogP contribution in [0.2, 0.25) is 0 Å². The average molecular weight is 449 g/mol. The van der Waals surface area contributed by atoms with E-state index in [0.717, 1.165) is 5.13 Å². The zero-order chi connectivity index (χ0) is 21.1. The number of nitrogens with zero attached hydrogens (tertiary/aromatic N) is 4. The molecule has 1 aliphatic rings.